The molecule has 2 bridgehead atoms. The van der Waals surface area contributed by atoms with Gasteiger partial charge in [0.15, 0.2) is 0 Å². The lowest BCUT2D eigenvalue weighted by Crippen LogP contribution is -2.42. The third kappa shape index (κ3) is 5.12. The second-order valence-electron chi connectivity index (χ2n) is 12.5. The summed E-state index contributed by atoms with van der Waals surface area (Å²) in [5, 5.41) is 11.7. The summed E-state index contributed by atoms with van der Waals surface area (Å²) in [7, 11) is 6.21. The predicted molar refractivity (Wildman–Crippen MR) is 165 cm³/mol. The average Bonchev–Trinajstić information content (AvgIpc) is 3.42. The molecule has 2 saturated carbocycles. The molecule has 10 nitrogen and oxygen atoms in total. The van der Waals surface area contributed by atoms with Crippen LogP contribution in [-0.4, -0.2) is 70.4 Å². The lowest BCUT2D eigenvalue weighted by molar-refractivity contribution is 0.100. The molecule has 2 unspecified atom stereocenters. The highest BCUT2D eigenvalue weighted by molar-refractivity contribution is 6.19. The van der Waals surface area contributed by atoms with Gasteiger partial charge < -0.3 is 25.2 Å². The van der Waals surface area contributed by atoms with Crippen molar-refractivity contribution in [2.45, 2.75) is 70.0 Å². The molecule has 4 aliphatic rings. The van der Waals surface area contributed by atoms with Crippen molar-refractivity contribution in [1.29, 1.82) is 0 Å². The van der Waals surface area contributed by atoms with E-state index in [1.807, 2.05) is 14.0 Å². The van der Waals surface area contributed by atoms with Gasteiger partial charge in [0, 0.05) is 42.1 Å². The van der Waals surface area contributed by atoms with Gasteiger partial charge in [-0.15, -0.1) is 0 Å². The summed E-state index contributed by atoms with van der Waals surface area (Å²) in [6.07, 6.45) is 9.45. The summed E-state index contributed by atoms with van der Waals surface area (Å²) in [6.45, 7) is 2.47. The Kier molecular flexibility index (Phi) is 6.88. The minimum absolute atomic E-state index is 0.220. The van der Waals surface area contributed by atoms with Crippen LogP contribution in [0.3, 0.4) is 0 Å². The van der Waals surface area contributed by atoms with Crippen molar-refractivity contribution in [1.82, 2.24) is 19.7 Å². The van der Waals surface area contributed by atoms with Crippen molar-refractivity contribution >= 4 is 28.9 Å². The predicted octanol–water partition coefficient (Wildman–Crippen LogP) is 5.06. The van der Waals surface area contributed by atoms with Crippen molar-refractivity contribution in [3.05, 3.63) is 47.8 Å². The molecule has 2 fully saturated rings. The van der Waals surface area contributed by atoms with Crippen LogP contribution < -0.4 is 20.3 Å². The highest BCUT2D eigenvalue weighted by Gasteiger charge is 2.41. The first-order valence-electron chi connectivity index (χ1n) is 15.2. The molecule has 2 N–H and O–H groups in total. The molecule has 2 aliphatic carbocycles. The van der Waals surface area contributed by atoms with Crippen LogP contribution in [0.2, 0.25) is 0 Å². The normalized spacial score (nSPS) is 25.1. The fraction of sp³-hybridized carbons (Fsp3) is 0.500. The standard InChI is InChI=1S/C32H40N8O2/c1-19-14-21-15-27(34-19)25-18-33-39(4)31(25)42-13-5-6-28(20-7-8-20)40-29-17-23(35-22-9-11-24(16-22)38(2)3)10-12-26(29)36-32(40)37-30(21)41/h10,12,14-15,17-18,20,22,24,28,35H,5-9,11,13,16H2,1-4H3,(H,36,37,41)/t22-,24?,28?/m1/s1. The number of hydrogen-bond donors (Lipinski definition) is 2. The van der Waals surface area contributed by atoms with E-state index in [0.717, 1.165) is 47.6 Å². The number of carbonyl (C=O) groups is 1. The molecular weight excluding hydrogens is 528 g/mol. The monoisotopic (exact) mass is 568 g/mol. The van der Waals surface area contributed by atoms with Gasteiger partial charge >= 0.3 is 0 Å². The van der Waals surface area contributed by atoms with Crippen LogP contribution in [-0.2, 0) is 7.05 Å². The van der Waals surface area contributed by atoms with Crippen LogP contribution in [0.1, 0.15) is 61.0 Å². The van der Waals surface area contributed by atoms with Crippen LogP contribution in [0.4, 0.5) is 17.1 Å². The summed E-state index contributed by atoms with van der Waals surface area (Å²) < 4.78 is 8.05. The van der Waals surface area contributed by atoms with Crippen molar-refractivity contribution in [3.8, 4) is 17.1 Å². The number of hydrogen-bond acceptors (Lipinski definition) is 8. The first-order valence-corrected chi connectivity index (χ1v) is 15.2. The molecule has 4 heterocycles. The van der Waals surface area contributed by atoms with Crippen molar-refractivity contribution in [2.24, 2.45) is 18.0 Å². The van der Waals surface area contributed by atoms with Gasteiger partial charge in [-0.1, -0.05) is 0 Å². The summed E-state index contributed by atoms with van der Waals surface area (Å²) in [4.78, 5) is 27.8. The number of carbonyl (C=O) groups excluding carboxylic acids is 1. The van der Waals surface area contributed by atoms with E-state index >= 15 is 0 Å². The number of anilines is 3. The number of nitrogens with zero attached hydrogens (tertiary/aromatic N) is 6. The Bertz CT molecular complexity index is 1540. The number of benzene rings is 1. The van der Waals surface area contributed by atoms with Gasteiger partial charge in [0.1, 0.15) is 0 Å². The number of fused-ring (bicyclic) bond motifs is 7. The third-order valence-corrected chi connectivity index (χ3v) is 9.19. The van der Waals surface area contributed by atoms with Gasteiger partial charge in [-0.25, -0.2) is 4.68 Å². The molecule has 1 amide bonds. The molecule has 3 atom stereocenters. The zero-order valence-electron chi connectivity index (χ0n) is 24.9. The fourth-order valence-corrected chi connectivity index (χ4v) is 6.81. The van der Waals surface area contributed by atoms with Gasteiger partial charge in [0.2, 0.25) is 11.8 Å². The summed E-state index contributed by atoms with van der Waals surface area (Å²) in [6, 6.07) is 11.4. The van der Waals surface area contributed by atoms with Crippen LogP contribution >= 0.6 is 0 Å². The first kappa shape index (κ1) is 26.9. The average molecular weight is 569 g/mol. The molecule has 1 aromatic carbocycles. The van der Waals surface area contributed by atoms with Crippen molar-refractivity contribution in [2.75, 3.05) is 36.2 Å². The summed E-state index contributed by atoms with van der Waals surface area (Å²) >= 11 is 0. The minimum Gasteiger partial charge on any atom is -0.477 e. The maximum absolute atomic E-state index is 13.7. The van der Waals surface area contributed by atoms with Gasteiger partial charge in [-0.2, -0.15) is 10.1 Å². The number of rotatable bonds is 4. The summed E-state index contributed by atoms with van der Waals surface area (Å²) in [5.74, 6) is 1.54. The molecule has 3 aromatic rings. The maximum atomic E-state index is 13.7. The number of aromatic nitrogens is 3. The zero-order chi connectivity index (χ0) is 29.0. The Labute approximate surface area is 247 Å². The van der Waals surface area contributed by atoms with E-state index < -0.39 is 0 Å². The van der Waals surface area contributed by atoms with Gasteiger partial charge in [-0.05, 0) is 102 Å². The molecule has 0 spiro atoms. The van der Waals surface area contributed by atoms with Crippen molar-refractivity contribution < 1.29 is 9.53 Å². The molecule has 2 aliphatic heterocycles. The maximum Gasteiger partial charge on any atom is 0.280 e. The Morgan fingerprint density at radius 3 is 2.74 bits per heavy atom. The summed E-state index contributed by atoms with van der Waals surface area (Å²) in [5.41, 5.74) is 5.87. The topological polar surface area (TPSA) is 99.9 Å². The number of pyridine rings is 1. The zero-order valence-corrected chi connectivity index (χ0v) is 24.9. The van der Waals surface area contributed by atoms with Crippen LogP contribution in [0, 0.1) is 12.8 Å². The second kappa shape index (κ2) is 10.7. The Balaban J connectivity index is 1.25. The second-order valence-corrected chi connectivity index (χ2v) is 12.5. The molecule has 2 aromatic heterocycles. The van der Waals surface area contributed by atoms with Gasteiger partial charge in [0.05, 0.1) is 35.4 Å². The van der Waals surface area contributed by atoms with E-state index in [0.29, 0.717) is 47.7 Å². The van der Waals surface area contributed by atoms with E-state index in [1.165, 1.54) is 25.7 Å². The number of guanidine groups is 1. The number of aliphatic imine (C=N–C) groups is 1. The Morgan fingerprint density at radius 1 is 1.10 bits per heavy atom. The van der Waals surface area contributed by atoms with Gasteiger partial charge in [0.25, 0.3) is 5.91 Å². The lowest BCUT2D eigenvalue weighted by Gasteiger charge is -2.30. The fourth-order valence-electron chi connectivity index (χ4n) is 6.81. The lowest BCUT2D eigenvalue weighted by atomic mass is 10.0. The molecule has 10 heteroatoms. The molecule has 7 rings (SSSR count). The smallest absolute Gasteiger partial charge is 0.280 e. The van der Waals surface area contributed by atoms with Crippen LogP contribution in [0.25, 0.3) is 11.3 Å². The quantitative estimate of drug-likeness (QED) is 0.450. The largest absolute Gasteiger partial charge is 0.477 e. The number of aryl methyl sites for hydroxylation is 2. The van der Waals surface area contributed by atoms with E-state index in [4.69, 9.17) is 14.7 Å². The van der Waals surface area contributed by atoms with Gasteiger partial charge in [-0.3, -0.25) is 9.78 Å². The number of ether oxygens (including phenoxy) is 1. The van der Waals surface area contributed by atoms with Crippen LogP contribution in [0.15, 0.2) is 41.5 Å². The SMILES string of the molecule is Cc1cc2cc(n1)-c1cnn(C)c1OCCCC(C1CC1)N1/C(=N/C2=O)Nc2ccc(N[C@@H]3CCC(N(C)C)C3)cc21. The molecule has 220 valence electrons. The minimum atomic E-state index is -0.293. The highest BCUT2D eigenvalue weighted by Crippen LogP contribution is 2.45. The molecule has 42 heavy (non-hydrogen) atoms. The van der Waals surface area contributed by atoms with E-state index in [9.17, 15) is 4.79 Å². The van der Waals surface area contributed by atoms with E-state index in [1.54, 1.807) is 23.0 Å². The molecular formula is C32H40N8O2. The molecule has 0 saturated heterocycles. The number of nitrogens with one attached hydrogen (secondary N) is 2. The first-order chi connectivity index (χ1) is 20.3. The number of amides is 1. The van der Waals surface area contributed by atoms with E-state index in [2.05, 4.69) is 57.8 Å². The van der Waals surface area contributed by atoms with Crippen molar-refractivity contribution in [3.63, 3.8) is 0 Å². The highest BCUT2D eigenvalue weighted by atomic mass is 16.5. The van der Waals surface area contributed by atoms with E-state index in [-0.39, 0.29) is 11.9 Å². The van der Waals surface area contributed by atoms with Crippen LogP contribution in [0.5, 0.6) is 5.88 Å². The Hall–Kier alpha value is -3.92. The molecule has 0 radical (unpaired) electrons. The Morgan fingerprint density at radius 2 is 1.95 bits per heavy atom. The third-order valence-electron chi connectivity index (χ3n) is 9.19.